The van der Waals surface area contributed by atoms with E-state index in [1.165, 1.54) is 22.9 Å². The van der Waals surface area contributed by atoms with Gasteiger partial charge in [-0.3, -0.25) is 0 Å². The fourth-order valence-electron chi connectivity index (χ4n) is 3.32. The number of para-hydroxylation sites is 1. The number of rotatable bonds is 6. The van der Waals surface area contributed by atoms with Gasteiger partial charge in [0.05, 0.1) is 18.1 Å². The lowest BCUT2D eigenvalue weighted by atomic mass is 10.1. The molecule has 0 saturated carbocycles. The second kappa shape index (κ2) is 7.97. The van der Waals surface area contributed by atoms with Gasteiger partial charge in [0, 0.05) is 35.6 Å². The van der Waals surface area contributed by atoms with Crippen molar-refractivity contribution in [3.63, 3.8) is 0 Å². The standard InChI is InChI=1S/C22H21F2N5/c1-15(20-13-27-29(16(20)2)19-7-5-6-18(23)10-19)25-11-17-12-26-28(14-17)22-9-4-3-8-21(22)24/h3-10,12-15,25H,11H2,1-2H3/t15-/m0/s1. The van der Waals surface area contributed by atoms with Crippen molar-refractivity contribution in [1.29, 1.82) is 0 Å². The van der Waals surface area contributed by atoms with Crippen molar-refractivity contribution in [1.82, 2.24) is 24.9 Å². The van der Waals surface area contributed by atoms with Crippen LogP contribution in [0, 0.1) is 18.6 Å². The Morgan fingerprint density at radius 3 is 2.66 bits per heavy atom. The van der Waals surface area contributed by atoms with Crippen molar-refractivity contribution in [2.45, 2.75) is 26.4 Å². The molecule has 0 bridgehead atoms. The molecule has 0 radical (unpaired) electrons. The average molecular weight is 393 g/mol. The maximum Gasteiger partial charge on any atom is 0.148 e. The molecule has 0 unspecified atom stereocenters. The third kappa shape index (κ3) is 3.95. The molecule has 4 aromatic rings. The summed E-state index contributed by atoms with van der Waals surface area (Å²) in [6.07, 6.45) is 5.32. The van der Waals surface area contributed by atoms with Crippen LogP contribution in [0.2, 0.25) is 0 Å². The maximum absolute atomic E-state index is 13.9. The molecule has 0 aliphatic rings. The zero-order valence-electron chi connectivity index (χ0n) is 16.2. The van der Waals surface area contributed by atoms with E-state index in [0.717, 1.165) is 16.8 Å². The van der Waals surface area contributed by atoms with Gasteiger partial charge in [0.2, 0.25) is 0 Å². The van der Waals surface area contributed by atoms with Crippen LogP contribution in [0.5, 0.6) is 0 Å². The van der Waals surface area contributed by atoms with Gasteiger partial charge in [0.1, 0.15) is 17.3 Å². The van der Waals surface area contributed by atoms with Gasteiger partial charge in [-0.15, -0.1) is 0 Å². The summed E-state index contributed by atoms with van der Waals surface area (Å²) in [6, 6.07) is 12.9. The van der Waals surface area contributed by atoms with Crippen LogP contribution >= 0.6 is 0 Å². The molecule has 0 amide bonds. The summed E-state index contributed by atoms with van der Waals surface area (Å²) in [4.78, 5) is 0. The summed E-state index contributed by atoms with van der Waals surface area (Å²) >= 11 is 0. The molecule has 1 atom stereocenters. The highest BCUT2D eigenvalue weighted by Crippen LogP contribution is 2.21. The number of halogens is 2. The van der Waals surface area contributed by atoms with Gasteiger partial charge in [-0.05, 0) is 44.2 Å². The third-order valence-corrected chi connectivity index (χ3v) is 4.91. The maximum atomic E-state index is 13.9. The first kappa shape index (κ1) is 19.0. The molecule has 2 aromatic heterocycles. The van der Waals surface area contributed by atoms with Crippen molar-refractivity contribution in [2.24, 2.45) is 0 Å². The predicted molar refractivity (Wildman–Crippen MR) is 107 cm³/mol. The minimum Gasteiger partial charge on any atom is -0.306 e. The fraction of sp³-hybridized carbons (Fsp3) is 0.182. The normalized spacial score (nSPS) is 12.3. The first-order valence-electron chi connectivity index (χ1n) is 9.35. The summed E-state index contributed by atoms with van der Waals surface area (Å²) in [7, 11) is 0. The second-order valence-corrected chi connectivity index (χ2v) is 6.92. The second-order valence-electron chi connectivity index (χ2n) is 6.92. The Balaban J connectivity index is 1.46. The van der Waals surface area contributed by atoms with Crippen LogP contribution in [-0.2, 0) is 6.54 Å². The number of benzene rings is 2. The predicted octanol–water partition coefficient (Wildman–Crippen LogP) is 4.50. The number of aromatic nitrogens is 4. The summed E-state index contributed by atoms with van der Waals surface area (Å²) in [5, 5.41) is 12.1. The Morgan fingerprint density at radius 2 is 1.86 bits per heavy atom. The first-order chi connectivity index (χ1) is 14.0. The molecular formula is C22H21F2N5. The van der Waals surface area contributed by atoms with Crippen LogP contribution in [0.3, 0.4) is 0 Å². The van der Waals surface area contributed by atoms with E-state index in [2.05, 4.69) is 15.5 Å². The minimum atomic E-state index is -0.316. The summed E-state index contributed by atoms with van der Waals surface area (Å²) < 4.78 is 30.7. The lowest BCUT2D eigenvalue weighted by Gasteiger charge is -2.13. The highest BCUT2D eigenvalue weighted by Gasteiger charge is 2.15. The molecule has 2 heterocycles. The van der Waals surface area contributed by atoms with E-state index in [9.17, 15) is 8.78 Å². The van der Waals surface area contributed by atoms with Gasteiger partial charge < -0.3 is 5.32 Å². The van der Waals surface area contributed by atoms with Crippen LogP contribution in [0.15, 0.2) is 67.1 Å². The van der Waals surface area contributed by atoms with E-state index >= 15 is 0 Å². The summed E-state index contributed by atoms with van der Waals surface area (Å²) in [6.45, 7) is 4.57. The van der Waals surface area contributed by atoms with Crippen molar-refractivity contribution >= 4 is 0 Å². The van der Waals surface area contributed by atoms with Gasteiger partial charge in [-0.25, -0.2) is 18.1 Å². The Labute approximate surface area is 167 Å². The molecule has 5 nitrogen and oxygen atoms in total. The zero-order valence-corrected chi connectivity index (χ0v) is 16.2. The highest BCUT2D eigenvalue weighted by atomic mass is 19.1. The van der Waals surface area contributed by atoms with E-state index in [-0.39, 0.29) is 17.7 Å². The number of hydrogen-bond acceptors (Lipinski definition) is 3. The molecule has 1 N–H and O–H groups in total. The van der Waals surface area contributed by atoms with E-state index in [1.54, 1.807) is 47.5 Å². The molecule has 0 saturated heterocycles. The molecule has 2 aromatic carbocycles. The Morgan fingerprint density at radius 1 is 1.03 bits per heavy atom. The fourth-order valence-corrected chi connectivity index (χ4v) is 3.32. The SMILES string of the molecule is Cc1c([C@H](C)NCc2cnn(-c3ccccc3F)c2)cnn1-c1cccc(F)c1. The van der Waals surface area contributed by atoms with Gasteiger partial charge in [-0.2, -0.15) is 10.2 Å². The van der Waals surface area contributed by atoms with Crippen molar-refractivity contribution in [3.05, 3.63) is 95.6 Å². The van der Waals surface area contributed by atoms with Crippen LogP contribution in [0.4, 0.5) is 8.78 Å². The first-order valence-corrected chi connectivity index (χ1v) is 9.35. The molecule has 4 rings (SSSR count). The summed E-state index contributed by atoms with van der Waals surface area (Å²) in [5.74, 6) is -0.610. The van der Waals surface area contributed by atoms with Gasteiger partial charge in [-0.1, -0.05) is 18.2 Å². The lowest BCUT2D eigenvalue weighted by Crippen LogP contribution is -2.18. The highest BCUT2D eigenvalue weighted by molar-refractivity contribution is 5.36. The van der Waals surface area contributed by atoms with Crippen molar-refractivity contribution in [2.75, 3.05) is 0 Å². The van der Waals surface area contributed by atoms with Crippen LogP contribution < -0.4 is 5.32 Å². The molecule has 148 valence electrons. The molecule has 0 aliphatic carbocycles. The topological polar surface area (TPSA) is 47.7 Å². The molecule has 7 heteroatoms. The molecule has 0 fully saturated rings. The van der Waals surface area contributed by atoms with Gasteiger partial charge in [0.25, 0.3) is 0 Å². The van der Waals surface area contributed by atoms with Crippen LogP contribution in [0.1, 0.15) is 29.8 Å². The molecule has 0 spiro atoms. The van der Waals surface area contributed by atoms with E-state index < -0.39 is 0 Å². The van der Waals surface area contributed by atoms with Gasteiger partial charge >= 0.3 is 0 Å². The van der Waals surface area contributed by atoms with E-state index in [4.69, 9.17) is 0 Å². The largest absolute Gasteiger partial charge is 0.306 e. The Hall–Kier alpha value is -3.32. The number of nitrogens with zero attached hydrogens (tertiary/aromatic N) is 4. The van der Waals surface area contributed by atoms with Gasteiger partial charge in [0.15, 0.2) is 0 Å². The smallest absolute Gasteiger partial charge is 0.148 e. The zero-order chi connectivity index (χ0) is 20.4. The van der Waals surface area contributed by atoms with Crippen LogP contribution in [-0.4, -0.2) is 19.6 Å². The van der Waals surface area contributed by atoms with E-state index in [1.807, 2.05) is 19.9 Å². The Bertz CT molecular complexity index is 1130. The minimum absolute atomic E-state index is 0.0223. The van der Waals surface area contributed by atoms with Crippen LogP contribution in [0.25, 0.3) is 11.4 Å². The summed E-state index contributed by atoms with van der Waals surface area (Å²) in [5.41, 5.74) is 4.01. The average Bonchev–Trinajstić information content (AvgIpc) is 3.33. The van der Waals surface area contributed by atoms with Crippen molar-refractivity contribution < 1.29 is 8.78 Å². The van der Waals surface area contributed by atoms with E-state index in [0.29, 0.717) is 17.9 Å². The number of hydrogen-bond donors (Lipinski definition) is 1. The van der Waals surface area contributed by atoms with Crippen molar-refractivity contribution in [3.8, 4) is 11.4 Å². The lowest BCUT2D eigenvalue weighted by molar-refractivity contribution is 0.571. The number of nitrogens with one attached hydrogen (secondary N) is 1. The third-order valence-electron chi connectivity index (χ3n) is 4.91. The quantitative estimate of drug-likeness (QED) is 0.525. The molecule has 29 heavy (non-hydrogen) atoms. The Kier molecular flexibility index (Phi) is 5.22. The molecule has 0 aliphatic heterocycles. The molecular weight excluding hydrogens is 372 g/mol. The monoisotopic (exact) mass is 393 g/mol.